The molecule has 0 spiro atoms. The van der Waals surface area contributed by atoms with Gasteiger partial charge in [0.15, 0.2) is 10.1 Å². The van der Waals surface area contributed by atoms with Crippen molar-refractivity contribution in [2.45, 2.75) is 41.6 Å². The summed E-state index contributed by atoms with van der Waals surface area (Å²) in [6, 6.07) is 11.8. The van der Waals surface area contributed by atoms with Gasteiger partial charge in [-0.25, -0.2) is 13.4 Å². The molecule has 32 heavy (non-hydrogen) atoms. The zero-order valence-corrected chi connectivity index (χ0v) is 20.1. The number of carbonyl (C=O) groups excluding carboxylic acids is 1. The SMILES string of the molecule is Cc1ccc(S(=O)(=O)c2cnc(SCC(=O)Nc3ccc(C(C)C)cc3)[nH]c2=O)cc1Cl. The number of nitrogens with one attached hydrogen (secondary N) is 2. The van der Waals surface area contributed by atoms with Gasteiger partial charge in [0.25, 0.3) is 5.56 Å². The van der Waals surface area contributed by atoms with Gasteiger partial charge in [-0.1, -0.05) is 55.4 Å². The Hall–Kier alpha value is -2.62. The van der Waals surface area contributed by atoms with Crippen molar-refractivity contribution in [3.63, 3.8) is 0 Å². The van der Waals surface area contributed by atoms with Crippen LogP contribution in [-0.4, -0.2) is 30.0 Å². The predicted molar refractivity (Wildman–Crippen MR) is 126 cm³/mol. The lowest BCUT2D eigenvalue weighted by atomic mass is 10.0. The fourth-order valence-electron chi connectivity index (χ4n) is 2.78. The molecule has 0 fully saturated rings. The molecule has 2 aromatic carbocycles. The summed E-state index contributed by atoms with van der Waals surface area (Å²) in [5, 5.41) is 3.20. The summed E-state index contributed by atoms with van der Waals surface area (Å²) in [6.45, 7) is 5.92. The van der Waals surface area contributed by atoms with Crippen molar-refractivity contribution in [2.24, 2.45) is 0 Å². The Kier molecular flexibility index (Phi) is 7.43. The topological polar surface area (TPSA) is 109 Å². The Morgan fingerprint density at radius 3 is 2.47 bits per heavy atom. The number of H-pyrrole nitrogens is 1. The normalized spacial score (nSPS) is 11.5. The second-order valence-corrected chi connectivity index (χ2v) is 10.7. The summed E-state index contributed by atoms with van der Waals surface area (Å²) in [5.41, 5.74) is 1.74. The van der Waals surface area contributed by atoms with Crippen molar-refractivity contribution in [1.29, 1.82) is 0 Å². The standard InChI is InChI=1S/C22H22ClN3O4S2/c1-13(2)15-5-7-16(8-6-15)25-20(27)12-31-22-24-11-19(21(28)26-22)32(29,30)17-9-4-14(3)18(23)10-17/h4-11,13H,12H2,1-3H3,(H,25,27)(H,24,26,28). The molecule has 3 aromatic rings. The van der Waals surface area contributed by atoms with Crippen molar-refractivity contribution in [1.82, 2.24) is 9.97 Å². The Morgan fingerprint density at radius 2 is 1.88 bits per heavy atom. The number of thioether (sulfide) groups is 1. The highest BCUT2D eigenvalue weighted by Crippen LogP contribution is 2.24. The van der Waals surface area contributed by atoms with Gasteiger partial charge in [-0.2, -0.15) is 0 Å². The molecule has 0 unspecified atom stereocenters. The molecule has 2 N–H and O–H groups in total. The van der Waals surface area contributed by atoms with Crippen LogP contribution in [0.25, 0.3) is 0 Å². The van der Waals surface area contributed by atoms with E-state index in [-0.39, 0.29) is 26.7 Å². The Morgan fingerprint density at radius 1 is 1.19 bits per heavy atom. The molecule has 3 rings (SSSR count). The summed E-state index contributed by atoms with van der Waals surface area (Å²) < 4.78 is 25.6. The monoisotopic (exact) mass is 491 g/mol. The number of rotatable bonds is 7. The first-order valence-electron chi connectivity index (χ1n) is 9.71. The predicted octanol–water partition coefficient (Wildman–Crippen LogP) is 4.42. The Labute approximate surface area is 195 Å². The van der Waals surface area contributed by atoms with E-state index in [1.807, 2.05) is 24.3 Å². The lowest BCUT2D eigenvalue weighted by Gasteiger charge is -2.08. The van der Waals surface area contributed by atoms with Crippen LogP contribution in [0.1, 0.15) is 30.9 Å². The lowest BCUT2D eigenvalue weighted by molar-refractivity contribution is -0.113. The van der Waals surface area contributed by atoms with Gasteiger partial charge in [-0.05, 0) is 48.2 Å². The molecule has 7 nitrogen and oxygen atoms in total. The van der Waals surface area contributed by atoms with Gasteiger partial charge >= 0.3 is 0 Å². The maximum atomic E-state index is 12.8. The Bertz CT molecular complexity index is 1300. The van der Waals surface area contributed by atoms with Crippen molar-refractivity contribution in [3.05, 3.63) is 75.2 Å². The second-order valence-electron chi connectivity index (χ2n) is 7.41. The number of aromatic nitrogens is 2. The van der Waals surface area contributed by atoms with E-state index in [1.54, 1.807) is 13.0 Å². The van der Waals surface area contributed by atoms with Crippen LogP contribution in [0.2, 0.25) is 5.02 Å². The average Bonchev–Trinajstić information content (AvgIpc) is 2.74. The molecule has 0 bridgehead atoms. The first-order valence-corrected chi connectivity index (χ1v) is 12.6. The molecule has 0 saturated heterocycles. The largest absolute Gasteiger partial charge is 0.325 e. The van der Waals surface area contributed by atoms with E-state index < -0.39 is 20.3 Å². The Balaban J connectivity index is 1.68. The summed E-state index contributed by atoms with van der Waals surface area (Å²) in [6.07, 6.45) is 0.993. The molecule has 168 valence electrons. The van der Waals surface area contributed by atoms with Gasteiger partial charge in [0, 0.05) is 10.7 Å². The molecule has 0 aliphatic carbocycles. The van der Waals surface area contributed by atoms with E-state index >= 15 is 0 Å². The summed E-state index contributed by atoms with van der Waals surface area (Å²) in [4.78, 5) is 30.4. The first-order chi connectivity index (χ1) is 15.1. The fraction of sp³-hybridized carbons (Fsp3) is 0.227. The highest BCUT2D eigenvalue weighted by Gasteiger charge is 2.23. The average molecular weight is 492 g/mol. The molecule has 0 atom stereocenters. The minimum absolute atomic E-state index is 0.00542. The van der Waals surface area contributed by atoms with E-state index in [0.717, 1.165) is 23.5 Å². The molecular formula is C22H22ClN3O4S2. The number of aryl methyl sites for hydroxylation is 1. The number of sulfone groups is 1. The quantitative estimate of drug-likeness (QED) is 0.374. The number of hydrogen-bond acceptors (Lipinski definition) is 6. The molecule has 0 radical (unpaired) electrons. The number of carbonyl (C=O) groups is 1. The number of amides is 1. The number of hydrogen-bond donors (Lipinski definition) is 2. The maximum Gasteiger partial charge on any atom is 0.270 e. The van der Waals surface area contributed by atoms with E-state index in [4.69, 9.17) is 11.6 Å². The molecule has 1 aromatic heterocycles. The molecule has 0 saturated carbocycles. The third-order valence-electron chi connectivity index (χ3n) is 4.69. The molecule has 10 heteroatoms. The van der Waals surface area contributed by atoms with Crippen LogP contribution in [0, 0.1) is 6.92 Å². The van der Waals surface area contributed by atoms with E-state index in [0.29, 0.717) is 11.6 Å². The van der Waals surface area contributed by atoms with E-state index in [1.165, 1.54) is 17.7 Å². The fourth-order valence-corrected chi connectivity index (χ4v) is 4.92. The van der Waals surface area contributed by atoms with Crippen LogP contribution in [-0.2, 0) is 14.6 Å². The minimum atomic E-state index is -4.09. The van der Waals surface area contributed by atoms with Crippen molar-refractivity contribution in [3.8, 4) is 0 Å². The van der Waals surface area contributed by atoms with Crippen molar-refractivity contribution < 1.29 is 13.2 Å². The van der Waals surface area contributed by atoms with Crippen LogP contribution in [0.15, 0.2) is 68.4 Å². The minimum Gasteiger partial charge on any atom is -0.325 e. The van der Waals surface area contributed by atoms with Gasteiger partial charge in [-0.15, -0.1) is 0 Å². The van der Waals surface area contributed by atoms with Gasteiger partial charge in [0.1, 0.15) is 0 Å². The number of aromatic amines is 1. The molecule has 0 aliphatic heterocycles. The summed E-state index contributed by atoms with van der Waals surface area (Å²) in [7, 11) is -4.09. The van der Waals surface area contributed by atoms with E-state index in [9.17, 15) is 18.0 Å². The van der Waals surface area contributed by atoms with Crippen LogP contribution in [0.4, 0.5) is 5.69 Å². The zero-order valence-electron chi connectivity index (χ0n) is 17.7. The van der Waals surface area contributed by atoms with Gasteiger partial charge in [0.05, 0.1) is 16.8 Å². The van der Waals surface area contributed by atoms with Crippen LogP contribution >= 0.6 is 23.4 Å². The first kappa shape index (κ1) is 24.0. The van der Waals surface area contributed by atoms with Crippen molar-refractivity contribution >= 4 is 44.8 Å². The molecule has 0 aliphatic rings. The number of nitrogens with zero attached hydrogens (tertiary/aromatic N) is 1. The van der Waals surface area contributed by atoms with Gasteiger partial charge in [0.2, 0.25) is 15.7 Å². The van der Waals surface area contributed by atoms with Crippen LogP contribution in [0.3, 0.4) is 0 Å². The number of halogens is 1. The zero-order chi connectivity index (χ0) is 23.5. The smallest absolute Gasteiger partial charge is 0.270 e. The van der Waals surface area contributed by atoms with Gasteiger partial charge in [-0.3, -0.25) is 9.59 Å². The summed E-state index contributed by atoms with van der Waals surface area (Å²) >= 11 is 7.01. The van der Waals surface area contributed by atoms with Crippen LogP contribution < -0.4 is 10.9 Å². The number of benzene rings is 2. The number of anilines is 1. The lowest BCUT2D eigenvalue weighted by Crippen LogP contribution is -2.20. The molecule has 1 amide bonds. The third kappa shape index (κ3) is 5.59. The second kappa shape index (κ2) is 9.89. The third-order valence-corrected chi connectivity index (χ3v) is 7.73. The molecule has 1 heterocycles. The maximum absolute atomic E-state index is 12.8. The highest BCUT2D eigenvalue weighted by molar-refractivity contribution is 7.99. The molecular weight excluding hydrogens is 470 g/mol. The summed E-state index contributed by atoms with van der Waals surface area (Å²) in [5.74, 6) is 0.114. The van der Waals surface area contributed by atoms with Crippen LogP contribution in [0.5, 0.6) is 0 Å². The highest BCUT2D eigenvalue weighted by atomic mass is 35.5. The van der Waals surface area contributed by atoms with Gasteiger partial charge < -0.3 is 10.3 Å². The van der Waals surface area contributed by atoms with Crippen molar-refractivity contribution in [2.75, 3.05) is 11.1 Å². The van der Waals surface area contributed by atoms with E-state index in [2.05, 4.69) is 29.1 Å².